The molecule has 2 heterocycles. The molecule has 9 nitrogen and oxygen atoms in total. The maximum absolute atomic E-state index is 13.5. The number of benzene rings is 2. The average Bonchev–Trinajstić information content (AvgIpc) is 3.27. The number of hydrogen-bond donors (Lipinski definition) is 1. The summed E-state index contributed by atoms with van der Waals surface area (Å²) >= 11 is 6.34. The first-order valence-corrected chi connectivity index (χ1v) is 11.4. The summed E-state index contributed by atoms with van der Waals surface area (Å²) in [6.07, 6.45) is 1.49. The van der Waals surface area contributed by atoms with E-state index >= 15 is 0 Å². The average molecular weight is 485 g/mol. The Morgan fingerprint density at radius 1 is 1.12 bits per heavy atom. The lowest BCUT2D eigenvalue weighted by atomic mass is 10.2. The van der Waals surface area contributed by atoms with E-state index in [1.807, 2.05) is 18.2 Å². The van der Waals surface area contributed by atoms with E-state index in [0.29, 0.717) is 5.56 Å². The van der Waals surface area contributed by atoms with Gasteiger partial charge in [-0.2, -0.15) is 4.98 Å². The van der Waals surface area contributed by atoms with Crippen molar-refractivity contribution in [3.8, 4) is 11.5 Å². The van der Waals surface area contributed by atoms with Crippen molar-refractivity contribution in [2.45, 2.75) is 18.4 Å². The van der Waals surface area contributed by atoms with Gasteiger partial charge in [-0.25, -0.2) is 22.5 Å². The molecular weight excluding hydrogens is 468 g/mol. The van der Waals surface area contributed by atoms with Crippen LogP contribution in [0.15, 0.2) is 76.3 Å². The highest BCUT2D eigenvalue weighted by molar-refractivity contribution is 7.92. The van der Waals surface area contributed by atoms with Gasteiger partial charge in [-0.3, -0.25) is 0 Å². The Hall–Kier alpha value is -3.76. The van der Waals surface area contributed by atoms with Gasteiger partial charge in [-0.1, -0.05) is 35.0 Å². The minimum absolute atomic E-state index is 0.0179. The second kappa shape index (κ2) is 9.00. The van der Waals surface area contributed by atoms with Gasteiger partial charge in [0.2, 0.25) is 0 Å². The summed E-state index contributed by atoms with van der Waals surface area (Å²) in [6, 6.07) is 15.5. The number of aromatic carboxylic acids is 1. The molecule has 0 radical (unpaired) electrons. The van der Waals surface area contributed by atoms with Crippen LogP contribution in [-0.2, 0) is 16.6 Å². The van der Waals surface area contributed by atoms with Crippen LogP contribution in [0.1, 0.15) is 21.7 Å². The van der Waals surface area contributed by atoms with Gasteiger partial charge in [-0.15, -0.1) is 0 Å². The third-order valence-corrected chi connectivity index (χ3v) is 6.69. The quantitative estimate of drug-likeness (QED) is 0.413. The molecule has 0 saturated carbocycles. The first-order chi connectivity index (χ1) is 15.8. The summed E-state index contributed by atoms with van der Waals surface area (Å²) in [7, 11) is -4.21. The molecule has 0 amide bonds. The van der Waals surface area contributed by atoms with Crippen LogP contribution in [0.25, 0.3) is 11.5 Å². The highest BCUT2D eigenvalue weighted by Gasteiger charge is 2.30. The first-order valence-electron chi connectivity index (χ1n) is 9.62. The van der Waals surface area contributed by atoms with E-state index in [1.165, 1.54) is 30.5 Å². The van der Waals surface area contributed by atoms with Crippen molar-refractivity contribution in [1.29, 1.82) is 0 Å². The summed E-state index contributed by atoms with van der Waals surface area (Å²) in [5.74, 6) is -0.857. The molecule has 0 spiro atoms. The van der Waals surface area contributed by atoms with Gasteiger partial charge in [0, 0.05) is 11.8 Å². The number of pyridine rings is 1. The lowest BCUT2D eigenvalue weighted by molar-refractivity contribution is 0.0696. The predicted molar refractivity (Wildman–Crippen MR) is 120 cm³/mol. The zero-order valence-electron chi connectivity index (χ0n) is 17.2. The molecule has 0 bridgehead atoms. The van der Waals surface area contributed by atoms with E-state index in [4.69, 9.17) is 21.2 Å². The van der Waals surface area contributed by atoms with Crippen LogP contribution >= 0.6 is 11.6 Å². The van der Waals surface area contributed by atoms with E-state index in [2.05, 4.69) is 15.1 Å². The van der Waals surface area contributed by atoms with Crippen molar-refractivity contribution >= 4 is 33.4 Å². The zero-order valence-corrected chi connectivity index (χ0v) is 18.8. The molecule has 33 heavy (non-hydrogen) atoms. The molecule has 1 N–H and O–H groups in total. The summed E-state index contributed by atoms with van der Waals surface area (Å²) in [6.45, 7) is 1.46. The van der Waals surface area contributed by atoms with Crippen LogP contribution in [0.2, 0.25) is 5.02 Å². The maximum Gasteiger partial charge on any atom is 0.335 e. The van der Waals surface area contributed by atoms with Crippen molar-refractivity contribution in [3.63, 3.8) is 0 Å². The van der Waals surface area contributed by atoms with Gasteiger partial charge >= 0.3 is 5.97 Å². The van der Waals surface area contributed by atoms with Gasteiger partial charge in [0.1, 0.15) is 0 Å². The molecule has 11 heteroatoms. The third kappa shape index (κ3) is 4.71. The van der Waals surface area contributed by atoms with Crippen LogP contribution in [0, 0.1) is 6.92 Å². The Bertz CT molecular complexity index is 1410. The Kier molecular flexibility index (Phi) is 6.12. The van der Waals surface area contributed by atoms with Crippen molar-refractivity contribution in [2.75, 3.05) is 4.31 Å². The summed E-state index contributed by atoms with van der Waals surface area (Å²) in [4.78, 5) is 19.5. The Labute approximate surface area is 194 Å². The fourth-order valence-electron chi connectivity index (χ4n) is 3.02. The van der Waals surface area contributed by atoms with Crippen LogP contribution in [0.4, 0.5) is 5.82 Å². The molecule has 2 aromatic heterocycles. The van der Waals surface area contributed by atoms with Gasteiger partial charge in [0.25, 0.3) is 15.9 Å². The zero-order chi connectivity index (χ0) is 23.6. The molecule has 168 valence electrons. The molecule has 0 atom stereocenters. The number of sulfonamides is 1. The van der Waals surface area contributed by atoms with Crippen molar-refractivity contribution in [2.24, 2.45) is 0 Å². The first kappa shape index (κ1) is 22.4. The van der Waals surface area contributed by atoms with Gasteiger partial charge in [0.05, 0.1) is 22.0 Å². The predicted octanol–water partition coefficient (Wildman–Crippen LogP) is 4.19. The number of hydrogen-bond acceptors (Lipinski definition) is 7. The normalized spacial score (nSPS) is 11.3. The number of rotatable bonds is 7. The minimum Gasteiger partial charge on any atom is -0.478 e. The molecule has 0 saturated heterocycles. The second-order valence-corrected chi connectivity index (χ2v) is 9.31. The summed E-state index contributed by atoms with van der Waals surface area (Å²) < 4.78 is 33.3. The van der Waals surface area contributed by atoms with Crippen LogP contribution in [-0.4, -0.2) is 34.6 Å². The lowest BCUT2D eigenvalue weighted by Gasteiger charge is -2.23. The molecular formula is C22H17ClN4O5S. The van der Waals surface area contributed by atoms with Crippen LogP contribution in [0.3, 0.4) is 0 Å². The van der Waals surface area contributed by atoms with Gasteiger partial charge in [-0.05, 0) is 55.0 Å². The summed E-state index contributed by atoms with van der Waals surface area (Å²) in [5.41, 5.74) is 1.39. The van der Waals surface area contributed by atoms with Crippen molar-refractivity contribution < 1.29 is 22.8 Å². The topological polar surface area (TPSA) is 126 Å². The Balaban J connectivity index is 1.75. The molecule has 0 fully saturated rings. The molecule has 0 unspecified atom stereocenters. The van der Waals surface area contributed by atoms with E-state index in [1.54, 1.807) is 25.1 Å². The highest BCUT2D eigenvalue weighted by Crippen LogP contribution is 2.31. The number of aromatic nitrogens is 3. The second-order valence-electron chi connectivity index (χ2n) is 7.04. The fourth-order valence-corrected chi connectivity index (χ4v) is 4.79. The Morgan fingerprint density at radius 2 is 1.82 bits per heavy atom. The largest absolute Gasteiger partial charge is 0.478 e. The third-order valence-electron chi connectivity index (χ3n) is 4.66. The van der Waals surface area contributed by atoms with E-state index in [-0.39, 0.29) is 39.6 Å². The van der Waals surface area contributed by atoms with E-state index < -0.39 is 16.0 Å². The number of halogens is 1. The molecule has 0 aliphatic heterocycles. The molecule has 0 aliphatic rings. The molecule has 4 rings (SSSR count). The van der Waals surface area contributed by atoms with Crippen LogP contribution < -0.4 is 4.31 Å². The monoisotopic (exact) mass is 484 g/mol. The van der Waals surface area contributed by atoms with Crippen LogP contribution in [0.5, 0.6) is 0 Å². The van der Waals surface area contributed by atoms with E-state index in [0.717, 1.165) is 9.87 Å². The van der Waals surface area contributed by atoms with Gasteiger partial charge in [0.15, 0.2) is 11.6 Å². The van der Waals surface area contributed by atoms with Crippen molar-refractivity contribution in [3.05, 3.63) is 88.8 Å². The van der Waals surface area contributed by atoms with Crippen molar-refractivity contribution in [1.82, 2.24) is 15.1 Å². The maximum atomic E-state index is 13.5. The minimum atomic E-state index is -4.21. The number of carboxylic acids is 1. The van der Waals surface area contributed by atoms with Gasteiger partial charge < -0.3 is 9.63 Å². The SMILES string of the molecule is Cc1cnc(N(Cc2noc(-c3ccccc3)n2)S(=O)(=O)c2ccc(C(=O)O)cc2)c(Cl)c1. The number of nitrogens with zero attached hydrogens (tertiary/aromatic N) is 4. The lowest BCUT2D eigenvalue weighted by Crippen LogP contribution is -2.32. The highest BCUT2D eigenvalue weighted by atomic mass is 35.5. The number of carboxylic acid groups (broad SMARTS) is 1. The number of carbonyl (C=O) groups is 1. The number of anilines is 1. The number of aryl methyl sites for hydroxylation is 1. The van der Waals surface area contributed by atoms with E-state index in [9.17, 15) is 13.2 Å². The molecule has 0 aliphatic carbocycles. The summed E-state index contributed by atoms with van der Waals surface area (Å²) in [5, 5.41) is 13.1. The molecule has 2 aromatic carbocycles. The fraction of sp³-hybridized carbons (Fsp3) is 0.0909. The Morgan fingerprint density at radius 3 is 2.45 bits per heavy atom. The standard InChI is InChI=1S/C22H17ClN4O5S/c1-14-11-18(23)20(24-12-14)27(33(30,31)17-9-7-16(8-10-17)22(28)29)13-19-25-21(32-26-19)15-5-3-2-4-6-15/h2-12H,13H2,1H3,(H,28,29). The molecule has 4 aromatic rings. The smallest absolute Gasteiger partial charge is 0.335 e.